The maximum atomic E-state index is 12.7. The van der Waals surface area contributed by atoms with Gasteiger partial charge < -0.3 is 10.1 Å². The summed E-state index contributed by atoms with van der Waals surface area (Å²) in [6.07, 6.45) is -0.237. The molecule has 0 aromatic heterocycles. The summed E-state index contributed by atoms with van der Waals surface area (Å²) < 4.78 is 17.2. The van der Waals surface area contributed by atoms with Crippen LogP contribution in [0.25, 0.3) is 0 Å². The lowest BCUT2D eigenvalue weighted by Gasteiger charge is -2.14. The molecule has 1 rings (SSSR count). The largest absolute Gasteiger partial charge is 0.469 e. The van der Waals surface area contributed by atoms with E-state index in [1.807, 2.05) is 0 Å². The molecule has 0 saturated carbocycles. The normalized spacial score (nSPS) is 11.5. The molecule has 0 bridgehead atoms. The van der Waals surface area contributed by atoms with E-state index in [-0.39, 0.29) is 17.8 Å². The summed E-state index contributed by atoms with van der Waals surface area (Å²) >= 11 is 0. The second kappa shape index (κ2) is 6.63. The molecule has 1 aromatic rings. The first kappa shape index (κ1) is 14.8. The van der Waals surface area contributed by atoms with Crippen molar-refractivity contribution >= 4 is 17.7 Å². The minimum atomic E-state index is -0.954. The molecule has 0 fully saturated rings. The van der Waals surface area contributed by atoms with Gasteiger partial charge in [0.1, 0.15) is 5.82 Å². The average Bonchev–Trinajstić information content (AvgIpc) is 2.38. The second-order valence-corrected chi connectivity index (χ2v) is 3.92. The quantitative estimate of drug-likeness (QED) is 0.810. The fourth-order valence-corrected chi connectivity index (χ4v) is 1.39. The Balaban J connectivity index is 2.73. The van der Waals surface area contributed by atoms with Gasteiger partial charge in [-0.05, 0) is 31.2 Å². The summed E-state index contributed by atoms with van der Waals surface area (Å²) in [6, 6.07) is 3.90. The standard InChI is InChI=1S/C13H14FNO4/c1-8(16)11(7-12(17)19-2)15-13(18)9-3-5-10(14)6-4-9/h3-6,11H,7H2,1-2H3,(H,15,18). The van der Waals surface area contributed by atoms with Crippen molar-refractivity contribution < 1.29 is 23.5 Å². The molecule has 1 N–H and O–H groups in total. The number of nitrogens with one attached hydrogen (secondary N) is 1. The third kappa shape index (κ3) is 4.50. The van der Waals surface area contributed by atoms with Crippen LogP contribution in [0.2, 0.25) is 0 Å². The zero-order valence-electron chi connectivity index (χ0n) is 10.6. The Hall–Kier alpha value is -2.24. The molecule has 5 nitrogen and oxygen atoms in total. The van der Waals surface area contributed by atoms with Crippen molar-refractivity contribution in [2.24, 2.45) is 0 Å². The molecular formula is C13H14FNO4. The van der Waals surface area contributed by atoms with Crippen LogP contribution in [-0.4, -0.2) is 30.8 Å². The smallest absolute Gasteiger partial charge is 0.308 e. The van der Waals surface area contributed by atoms with Crippen LogP contribution in [0.1, 0.15) is 23.7 Å². The number of benzene rings is 1. The van der Waals surface area contributed by atoms with Crippen molar-refractivity contribution in [3.8, 4) is 0 Å². The minimum Gasteiger partial charge on any atom is -0.469 e. The molecule has 0 aliphatic heterocycles. The van der Waals surface area contributed by atoms with Gasteiger partial charge in [0.15, 0.2) is 5.78 Å². The summed E-state index contributed by atoms with van der Waals surface area (Å²) in [5, 5.41) is 2.41. The number of amides is 1. The van der Waals surface area contributed by atoms with E-state index in [0.29, 0.717) is 0 Å². The predicted molar refractivity (Wildman–Crippen MR) is 65.0 cm³/mol. The fourth-order valence-electron chi connectivity index (χ4n) is 1.39. The number of methoxy groups -OCH3 is 1. The first-order valence-electron chi connectivity index (χ1n) is 5.57. The van der Waals surface area contributed by atoms with Crippen LogP contribution in [0.15, 0.2) is 24.3 Å². The summed E-state index contributed by atoms with van der Waals surface area (Å²) in [7, 11) is 1.20. The highest BCUT2D eigenvalue weighted by atomic mass is 19.1. The Morgan fingerprint density at radius 2 is 1.84 bits per heavy atom. The van der Waals surface area contributed by atoms with Gasteiger partial charge in [-0.1, -0.05) is 0 Å². The topological polar surface area (TPSA) is 72.5 Å². The maximum Gasteiger partial charge on any atom is 0.308 e. The SMILES string of the molecule is COC(=O)CC(NC(=O)c1ccc(F)cc1)C(C)=O. The van der Waals surface area contributed by atoms with Crippen molar-refractivity contribution in [2.75, 3.05) is 7.11 Å². The van der Waals surface area contributed by atoms with Gasteiger partial charge in [-0.15, -0.1) is 0 Å². The van der Waals surface area contributed by atoms with E-state index in [1.165, 1.54) is 26.2 Å². The van der Waals surface area contributed by atoms with Crippen molar-refractivity contribution in [1.29, 1.82) is 0 Å². The van der Waals surface area contributed by atoms with Gasteiger partial charge in [-0.25, -0.2) is 4.39 Å². The van der Waals surface area contributed by atoms with Crippen LogP contribution in [0, 0.1) is 5.82 Å². The summed E-state index contributed by atoms with van der Waals surface area (Å²) in [4.78, 5) is 34.3. The molecule has 0 radical (unpaired) electrons. The molecule has 6 heteroatoms. The lowest BCUT2D eigenvalue weighted by molar-refractivity contribution is -0.142. The number of rotatable bonds is 5. The number of hydrogen-bond acceptors (Lipinski definition) is 4. The molecule has 0 aliphatic rings. The zero-order valence-corrected chi connectivity index (χ0v) is 10.6. The number of carbonyl (C=O) groups is 3. The first-order chi connectivity index (χ1) is 8.93. The minimum absolute atomic E-state index is 0.206. The van der Waals surface area contributed by atoms with Gasteiger partial charge >= 0.3 is 5.97 Å². The zero-order chi connectivity index (χ0) is 14.4. The van der Waals surface area contributed by atoms with E-state index in [9.17, 15) is 18.8 Å². The van der Waals surface area contributed by atoms with Crippen LogP contribution in [0.3, 0.4) is 0 Å². The van der Waals surface area contributed by atoms with E-state index in [4.69, 9.17) is 0 Å². The maximum absolute atomic E-state index is 12.7. The number of hydrogen-bond donors (Lipinski definition) is 1. The molecule has 0 saturated heterocycles. The highest BCUT2D eigenvalue weighted by Crippen LogP contribution is 2.04. The van der Waals surface area contributed by atoms with Crippen molar-refractivity contribution in [3.63, 3.8) is 0 Å². The van der Waals surface area contributed by atoms with Gasteiger partial charge in [0.2, 0.25) is 0 Å². The van der Waals surface area contributed by atoms with Crippen LogP contribution >= 0.6 is 0 Å². The molecule has 1 unspecified atom stereocenters. The highest BCUT2D eigenvalue weighted by molar-refractivity contribution is 5.98. The molecule has 0 heterocycles. The number of esters is 1. The van der Waals surface area contributed by atoms with Gasteiger partial charge in [-0.3, -0.25) is 14.4 Å². The number of ketones is 1. The van der Waals surface area contributed by atoms with Crippen LogP contribution in [0.5, 0.6) is 0 Å². The van der Waals surface area contributed by atoms with E-state index in [1.54, 1.807) is 0 Å². The number of halogens is 1. The average molecular weight is 267 g/mol. The predicted octanol–water partition coefficient (Wildman–Crippen LogP) is 1.08. The van der Waals surface area contributed by atoms with Crippen LogP contribution < -0.4 is 5.32 Å². The van der Waals surface area contributed by atoms with E-state index < -0.39 is 23.7 Å². The van der Waals surface area contributed by atoms with Crippen LogP contribution in [0.4, 0.5) is 4.39 Å². The van der Waals surface area contributed by atoms with Crippen LogP contribution in [-0.2, 0) is 14.3 Å². The van der Waals surface area contributed by atoms with Gasteiger partial charge in [0.05, 0.1) is 19.6 Å². The third-order valence-electron chi connectivity index (χ3n) is 2.50. The number of carbonyl (C=O) groups excluding carboxylic acids is 3. The Morgan fingerprint density at radius 1 is 1.26 bits per heavy atom. The van der Waals surface area contributed by atoms with Gasteiger partial charge in [0.25, 0.3) is 5.91 Å². The fraction of sp³-hybridized carbons (Fsp3) is 0.308. The Bertz CT molecular complexity index is 484. The molecule has 1 atom stereocenters. The highest BCUT2D eigenvalue weighted by Gasteiger charge is 2.21. The molecule has 0 spiro atoms. The number of Topliss-reactive ketones (excluding diaryl/α,β-unsaturated/α-hetero) is 1. The lowest BCUT2D eigenvalue weighted by atomic mass is 10.1. The molecule has 0 aliphatic carbocycles. The molecule has 102 valence electrons. The summed E-state index contributed by atoms with van der Waals surface area (Å²) in [6.45, 7) is 1.26. The Labute approximate surface area is 109 Å². The second-order valence-electron chi connectivity index (χ2n) is 3.92. The first-order valence-corrected chi connectivity index (χ1v) is 5.57. The molecule has 1 amide bonds. The lowest BCUT2D eigenvalue weighted by Crippen LogP contribution is -2.41. The van der Waals surface area contributed by atoms with E-state index in [2.05, 4.69) is 10.1 Å². The van der Waals surface area contributed by atoms with Gasteiger partial charge in [-0.2, -0.15) is 0 Å². The van der Waals surface area contributed by atoms with Crippen molar-refractivity contribution in [3.05, 3.63) is 35.6 Å². The Kier molecular flexibility index (Phi) is 5.17. The monoisotopic (exact) mass is 267 g/mol. The van der Waals surface area contributed by atoms with E-state index in [0.717, 1.165) is 12.1 Å². The summed E-state index contributed by atoms with van der Waals surface area (Å²) in [5.74, 6) is -1.97. The molecule has 1 aromatic carbocycles. The van der Waals surface area contributed by atoms with Gasteiger partial charge in [0, 0.05) is 5.56 Å². The van der Waals surface area contributed by atoms with Crippen molar-refractivity contribution in [2.45, 2.75) is 19.4 Å². The summed E-state index contributed by atoms with van der Waals surface area (Å²) in [5.41, 5.74) is 0.206. The Morgan fingerprint density at radius 3 is 2.32 bits per heavy atom. The van der Waals surface area contributed by atoms with Crippen molar-refractivity contribution in [1.82, 2.24) is 5.32 Å². The third-order valence-corrected chi connectivity index (χ3v) is 2.50. The molecule has 19 heavy (non-hydrogen) atoms. The van der Waals surface area contributed by atoms with E-state index >= 15 is 0 Å². The number of ether oxygens (including phenoxy) is 1. The molecular weight excluding hydrogens is 253 g/mol.